The number of carbonyl (C=O) groups is 3. The van der Waals surface area contributed by atoms with Gasteiger partial charge in [-0.05, 0) is 38.2 Å². The molecule has 3 fully saturated rings. The summed E-state index contributed by atoms with van der Waals surface area (Å²) in [5.74, 6) is -1.41. The Kier molecular flexibility index (Phi) is 9.83. The van der Waals surface area contributed by atoms with Gasteiger partial charge in [-0.15, -0.1) is 24.9 Å². The Hall–Kier alpha value is -2.58. The lowest BCUT2D eigenvalue weighted by molar-refractivity contribution is -0.148. The lowest BCUT2D eigenvalue weighted by Crippen LogP contribution is -2.57. The highest BCUT2D eigenvalue weighted by atomic mass is 32.2. The van der Waals surface area contributed by atoms with Gasteiger partial charge in [-0.25, -0.2) is 0 Å². The van der Waals surface area contributed by atoms with Crippen LogP contribution in [0.25, 0.3) is 0 Å². The van der Waals surface area contributed by atoms with Crippen LogP contribution in [0.4, 0.5) is 0 Å². The summed E-state index contributed by atoms with van der Waals surface area (Å²) in [6, 6.07) is 7.97. The number of aliphatic hydroxyl groups is 1. The fraction of sp³-hybridized carbons (Fsp3) is 0.594. The number of amides is 3. The third-order valence-corrected chi connectivity index (χ3v) is 10.9. The van der Waals surface area contributed by atoms with Crippen molar-refractivity contribution in [2.45, 2.75) is 81.0 Å². The minimum Gasteiger partial charge on any atom is -0.394 e. The summed E-state index contributed by atoms with van der Waals surface area (Å²) < 4.78 is -0.710. The van der Waals surface area contributed by atoms with Gasteiger partial charge in [-0.3, -0.25) is 14.4 Å². The third kappa shape index (κ3) is 5.13. The molecule has 0 aromatic heterocycles. The largest absolute Gasteiger partial charge is 0.394 e. The van der Waals surface area contributed by atoms with Crippen molar-refractivity contribution in [2.24, 2.45) is 11.8 Å². The summed E-state index contributed by atoms with van der Waals surface area (Å²) in [5.41, 5.74) is 0.783. The van der Waals surface area contributed by atoms with Gasteiger partial charge in [0.2, 0.25) is 17.7 Å². The lowest BCUT2D eigenvalue weighted by atomic mass is 9.70. The third-order valence-electron chi connectivity index (χ3n) is 8.95. The second kappa shape index (κ2) is 12.9. The van der Waals surface area contributed by atoms with Crippen LogP contribution in [0, 0.1) is 11.8 Å². The van der Waals surface area contributed by atoms with E-state index in [0.717, 1.165) is 31.2 Å². The first kappa shape index (κ1) is 30.4. The van der Waals surface area contributed by atoms with E-state index in [4.69, 9.17) is 0 Å². The van der Waals surface area contributed by atoms with Gasteiger partial charge >= 0.3 is 0 Å². The van der Waals surface area contributed by atoms with Crippen LogP contribution >= 0.6 is 11.8 Å². The van der Waals surface area contributed by atoms with Gasteiger partial charge in [0.15, 0.2) is 0 Å². The predicted octanol–water partition coefficient (Wildman–Crippen LogP) is 4.44. The van der Waals surface area contributed by atoms with E-state index in [1.807, 2.05) is 54.0 Å². The van der Waals surface area contributed by atoms with Crippen molar-refractivity contribution in [3.05, 3.63) is 61.2 Å². The monoisotopic (exact) mass is 567 g/mol. The minimum absolute atomic E-state index is 0.00621. The van der Waals surface area contributed by atoms with E-state index in [2.05, 4.69) is 20.1 Å². The number of likely N-dealkylation sites (tertiary alicyclic amines) is 1. The van der Waals surface area contributed by atoms with Crippen LogP contribution in [0.1, 0.15) is 64.5 Å². The van der Waals surface area contributed by atoms with Gasteiger partial charge in [-0.2, -0.15) is 0 Å². The maximum Gasteiger partial charge on any atom is 0.247 e. The molecule has 3 aliphatic rings. The normalized spacial score (nSPS) is 28.2. The zero-order valence-electron chi connectivity index (χ0n) is 24.2. The van der Waals surface area contributed by atoms with E-state index >= 15 is 0 Å². The van der Waals surface area contributed by atoms with Crippen LogP contribution in [0.15, 0.2) is 55.6 Å². The molecule has 3 aliphatic heterocycles. The molecule has 3 unspecified atom stereocenters. The molecule has 1 aromatic rings. The SMILES string of the molecule is C=CCN(CCC)C(=O)[C@@H]1[C@@H]2CCC3(S2)C(C(=O)N(CC=C)C(C)CCC)N([C@H](CO)c2ccccc2)C(=O)[C@H]13. The fourth-order valence-corrected chi connectivity index (χ4v) is 9.49. The number of benzene rings is 1. The summed E-state index contributed by atoms with van der Waals surface area (Å²) in [5, 5.41) is 10.7. The van der Waals surface area contributed by atoms with E-state index in [1.165, 1.54) is 0 Å². The Labute approximate surface area is 243 Å². The first-order valence-corrected chi connectivity index (χ1v) is 15.7. The van der Waals surface area contributed by atoms with Crippen molar-refractivity contribution in [3.8, 4) is 0 Å². The topological polar surface area (TPSA) is 81.2 Å². The molecule has 1 spiro atoms. The van der Waals surface area contributed by atoms with Crippen molar-refractivity contribution < 1.29 is 19.5 Å². The first-order valence-electron chi connectivity index (χ1n) is 14.8. The standard InChI is InChI=1S/C32H45N3O4S/c1-6-13-22(5)34(20-9-4)31(39)28-32-17-16-25(40-32)26(29(37)33(18-7-2)19-8-3)27(32)30(38)35(28)24(21-36)23-14-11-10-12-15-23/h7,9-12,14-15,22,24-28,36H,2,4,6,8,13,16-21H2,1,3,5H3/t22?,24-,25+,26-,27+,28?,32?/m1/s1. The second-order valence-electron chi connectivity index (χ2n) is 11.4. The Balaban J connectivity index is 1.83. The molecule has 3 heterocycles. The Morgan fingerprint density at radius 3 is 2.45 bits per heavy atom. The quantitative estimate of drug-likeness (QED) is 0.336. The maximum absolute atomic E-state index is 14.7. The number of fused-ring (bicyclic) bond motifs is 1. The molecule has 1 N–H and O–H groups in total. The fourth-order valence-electron chi connectivity index (χ4n) is 7.30. The van der Waals surface area contributed by atoms with Crippen molar-refractivity contribution >= 4 is 29.5 Å². The number of aliphatic hydroxyl groups excluding tert-OH is 1. The second-order valence-corrected chi connectivity index (χ2v) is 13.0. The lowest BCUT2D eigenvalue weighted by Gasteiger charge is -2.41. The number of thioether (sulfide) groups is 1. The van der Waals surface area contributed by atoms with Crippen LogP contribution in [-0.4, -0.2) is 85.8 Å². The van der Waals surface area contributed by atoms with E-state index < -0.39 is 28.7 Å². The van der Waals surface area contributed by atoms with Gasteiger partial charge < -0.3 is 19.8 Å². The zero-order chi connectivity index (χ0) is 29.0. The number of nitrogens with zero attached hydrogens (tertiary/aromatic N) is 3. The highest BCUT2D eigenvalue weighted by molar-refractivity contribution is 8.02. The molecule has 3 amide bonds. The number of rotatable bonds is 14. The molecule has 7 nitrogen and oxygen atoms in total. The van der Waals surface area contributed by atoms with E-state index in [1.54, 1.807) is 28.8 Å². The van der Waals surface area contributed by atoms with Crippen LogP contribution in [0.5, 0.6) is 0 Å². The van der Waals surface area contributed by atoms with Crippen molar-refractivity contribution in [1.29, 1.82) is 0 Å². The molecule has 1 aromatic carbocycles. The molecule has 7 atom stereocenters. The van der Waals surface area contributed by atoms with Gasteiger partial charge in [0.25, 0.3) is 0 Å². The molecule has 8 heteroatoms. The van der Waals surface area contributed by atoms with Crippen molar-refractivity contribution in [2.75, 3.05) is 26.2 Å². The van der Waals surface area contributed by atoms with Gasteiger partial charge in [0, 0.05) is 30.9 Å². The number of carbonyl (C=O) groups excluding carboxylic acids is 3. The van der Waals surface area contributed by atoms with Crippen LogP contribution < -0.4 is 0 Å². The summed E-state index contributed by atoms with van der Waals surface area (Å²) in [6.45, 7) is 15.0. The van der Waals surface area contributed by atoms with Crippen LogP contribution in [0.2, 0.25) is 0 Å². The Bertz CT molecular complexity index is 1100. The number of hydrogen-bond donors (Lipinski definition) is 1. The summed E-state index contributed by atoms with van der Waals surface area (Å²) in [6.07, 6.45) is 7.54. The summed E-state index contributed by atoms with van der Waals surface area (Å²) >= 11 is 1.68. The molecule has 3 saturated heterocycles. The molecule has 0 radical (unpaired) electrons. The molecule has 4 rings (SSSR count). The summed E-state index contributed by atoms with van der Waals surface area (Å²) in [7, 11) is 0. The summed E-state index contributed by atoms with van der Waals surface area (Å²) in [4.78, 5) is 48.7. The van der Waals surface area contributed by atoms with E-state index in [0.29, 0.717) is 26.1 Å². The van der Waals surface area contributed by atoms with Crippen molar-refractivity contribution in [1.82, 2.24) is 14.7 Å². The molecule has 40 heavy (non-hydrogen) atoms. The Morgan fingerprint density at radius 2 is 1.85 bits per heavy atom. The van der Waals surface area contributed by atoms with Crippen molar-refractivity contribution in [3.63, 3.8) is 0 Å². The molecule has 2 bridgehead atoms. The highest BCUT2D eigenvalue weighted by Crippen LogP contribution is 2.67. The van der Waals surface area contributed by atoms with Crippen LogP contribution in [-0.2, 0) is 14.4 Å². The molecule has 0 saturated carbocycles. The molecule has 0 aliphatic carbocycles. The maximum atomic E-state index is 14.7. The zero-order valence-corrected chi connectivity index (χ0v) is 25.0. The molecule has 218 valence electrons. The average Bonchev–Trinajstić information content (AvgIpc) is 3.60. The Morgan fingerprint density at radius 1 is 1.15 bits per heavy atom. The molecular formula is C32H45N3O4S. The van der Waals surface area contributed by atoms with Gasteiger partial charge in [0.1, 0.15) is 6.04 Å². The average molecular weight is 568 g/mol. The molecular weight excluding hydrogens is 522 g/mol. The highest BCUT2D eigenvalue weighted by Gasteiger charge is 2.74. The van der Waals surface area contributed by atoms with E-state index in [-0.39, 0.29) is 35.6 Å². The number of hydrogen-bond acceptors (Lipinski definition) is 5. The van der Waals surface area contributed by atoms with Gasteiger partial charge in [0.05, 0.1) is 29.2 Å². The predicted molar refractivity (Wildman–Crippen MR) is 161 cm³/mol. The smallest absolute Gasteiger partial charge is 0.247 e. The first-order chi connectivity index (χ1) is 19.3. The van der Waals surface area contributed by atoms with Crippen LogP contribution in [0.3, 0.4) is 0 Å². The van der Waals surface area contributed by atoms with E-state index in [9.17, 15) is 19.5 Å². The minimum atomic E-state index is -0.770. The van der Waals surface area contributed by atoms with Gasteiger partial charge in [-0.1, -0.05) is 62.8 Å².